The predicted molar refractivity (Wildman–Crippen MR) is 126 cm³/mol. The van der Waals surface area contributed by atoms with Crippen LogP contribution in [0.3, 0.4) is 0 Å². The van der Waals surface area contributed by atoms with Crippen LogP contribution in [0.2, 0.25) is 0 Å². The van der Waals surface area contributed by atoms with Gasteiger partial charge in [-0.25, -0.2) is 0 Å². The molecule has 0 bridgehead atoms. The van der Waals surface area contributed by atoms with Crippen molar-refractivity contribution in [3.05, 3.63) is 130 Å². The van der Waals surface area contributed by atoms with Gasteiger partial charge in [0.05, 0.1) is 0 Å². The summed E-state index contributed by atoms with van der Waals surface area (Å²) in [4.78, 5) is 0. The molecule has 0 saturated heterocycles. The summed E-state index contributed by atoms with van der Waals surface area (Å²) in [5, 5.41) is 0. The van der Waals surface area contributed by atoms with Crippen molar-refractivity contribution in [2.24, 2.45) is 0 Å². The molecular formula is C28H26Se. The molecule has 4 aromatic rings. The minimum absolute atomic E-state index is 0.350. The van der Waals surface area contributed by atoms with E-state index in [4.69, 9.17) is 0 Å². The second-order valence-electron chi connectivity index (χ2n) is 7.60. The van der Waals surface area contributed by atoms with Crippen molar-refractivity contribution in [2.75, 3.05) is 0 Å². The van der Waals surface area contributed by atoms with Crippen LogP contribution in [-0.2, 0) is 12.8 Å². The molecule has 0 aliphatic heterocycles. The van der Waals surface area contributed by atoms with Crippen molar-refractivity contribution in [2.45, 2.75) is 26.7 Å². The number of hydrogen-bond acceptors (Lipinski definition) is 0. The third-order valence-corrected chi connectivity index (χ3v) is 7.53. The summed E-state index contributed by atoms with van der Waals surface area (Å²) in [7, 11) is 0. The van der Waals surface area contributed by atoms with E-state index < -0.39 is 0 Å². The number of aryl methyl sites for hydroxylation is 2. The summed E-state index contributed by atoms with van der Waals surface area (Å²) >= 11 is 0.350. The standard InChI is InChI=1S/C28H26Se/c1-21-7-3-5-9-25(21)19-23-11-15-27(16-12-23)29-28-17-13-24(14-18-28)20-26-10-6-4-8-22(26)2/h3-18H,19-20H2,1-2H3. The van der Waals surface area contributed by atoms with E-state index in [1.165, 1.54) is 42.3 Å². The number of hydrogen-bond donors (Lipinski definition) is 0. The van der Waals surface area contributed by atoms with Crippen LogP contribution in [0.15, 0.2) is 97.1 Å². The molecular weight excluding hydrogens is 415 g/mol. The Balaban J connectivity index is 1.39. The zero-order valence-electron chi connectivity index (χ0n) is 17.1. The van der Waals surface area contributed by atoms with Crippen LogP contribution in [0.25, 0.3) is 0 Å². The van der Waals surface area contributed by atoms with Gasteiger partial charge in [-0.3, -0.25) is 0 Å². The predicted octanol–water partition coefficient (Wildman–Crippen LogP) is 5.14. The van der Waals surface area contributed by atoms with E-state index in [1.807, 2.05) is 0 Å². The molecule has 0 aliphatic rings. The zero-order chi connectivity index (χ0) is 20.1. The third-order valence-electron chi connectivity index (χ3n) is 5.39. The molecule has 0 saturated carbocycles. The van der Waals surface area contributed by atoms with E-state index in [2.05, 4.69) is 111 Å². The first kappa shape index (κ1) is 19.7. The fraction of sp³-hybridized carbons (Fsp3) is 0.143. The molecule has 0 radical (unpaired) electrons. The van der Waals surface area contributed by atoms with Gasteiger partial charge in [0.1, 0.15) is 0 Å². The molecule has 4 aromatic carbocycles. The van der Waals surface area contributed by atoms with Crippen LogP contribution in [0.1, 0.15) is 33.4 Å². The van der Waals surface area contributed by atoms with Gasteiger partial charge < -0.3 is 0 Å². The quantitative estimate of drug-likeness (QED) is 0.364. The Hall–Kier alpha value is -2.60. The summed E-state index contributed by atoms with van der Waals surface area (Å²) < 4.78 is 2.86. The van der Waals surface area contributed by atoms with Gasteiger partial charge in [-0.15, -0.1) is 0 Å². The number of benzene rings is 4. The summed E-state index contributed by atoms with van der Waals surface area (Å²) in [5.74, 6) is 0. The molecule has 0 nitrogen and oxygen atoms in total. The summed E-state index contributed by atoms with van der Waals surface area (Å²) in [6.07, 6.45) is 2.01. The Morgan fingerprint density at radius 1 is 0.483 bits per heavy atom. The molecule has 1 heteroatoms. The van der Waals surface area contributed by atoms with Crippen molar-refractivity contribution in [3.8, 4) is 0 Å². The first-order valence-electron chi connectivity index (χ1n) is 10.1. The van der Waals surface area contributed by atoms with Crippen molar-refractivity contribution in [1.82, 2.24) is 0 Å². The molecule has 29 heavy (non-hydrogen) atoms. The molecule has 0 amide bonds. The van der Waals surface area contributed by atoms with E-state index in [9.17, 15) is 0 Å². The molecule has 144 valence electrons. The van der Waals surface area contributed by atoms with Crippen molar-refractivity contribution in [1.29, 1.82) is 0 Å². The monoisotopic (exact) mass is 442 g/mol. The molecule has 0 unspecified atom stereocenters. The topological polar surface area (TPSA) is 0 Å². The normalized spacial score (nSPS) is 10.8. The Labute approximate surface area is 180 Å². The van der Waals surface area contributed by atoms with Crippen molar-refractivity contribution >= 4 is 23.9 Å². The summed E-state index contributed by atoms with van der Waals surface area (Å²) in [5.41, 5.74) is 8.32. The van der Waals surface area contributed by atoms with Gasteiger partial charge in [-0.05, 0) is 0 Å². The molecule has 0 N–H and O–H groups in total. The van der Waals surface area contributed by atoms with Gasteiger partial charge in [-0.2, -0.15) is 0 Å². The van der Waals surface area contributed by atoms with Gasteiger partial charge in [0.25, 0.3) is 0 Å². The second kappa shape index (κ2) is 9.26. The first-order chi connectivity index (χ1) is 14.2. The average Bonchev–Trinajstić information content (AvgIpc) is 2.74. The molecule has 0 spiro atoms. The van der Waals surface area contributed by atoms with Gasteiger partial charge in [0, 0.05) is 0 Å². The van der Waals surface area contributed by atoms with Crippen molar-refractivity contribution in [3.63, 3.8) is 0 Å². The van der Waals surface area contributed by atoms with Crippen molar-refractivity contribution < 1.29 is 0 Å². The van der Waals surface area contributed by atoms with Gasteiger partial charge in [0.15, 0.2) is 0 Å². The van der Waals surface area contributed by atoms with Crippen LogP contribution >= 0.6 is 0 Å². The first-order valence-corrected chi connectivity index (χ1v) is 11.8. The fourth-order valence-corrected chi connectivity index (χ4v) is 5.26. The molecule has 0 fully saturated rings. The van der Waals surface area contributed by atoms with E-state index in [1.54, 1.807) is 0 Å². The Morgan fingerprint density at radius 2 is 0.862 bits per heavy atom. The number of rotatable bonds is 6. The van der Waals surface area contributed by atoms with E-state index in [-0.39, 0.29) is 0 Å². The van der Waals surface area contributed by atoms with Gasteiger partial charge in [0.2, 0.25) is 0 Å². The second-order valence-corrected chi connectivity index (χ2v) is 10.0. The van der Waals surface area contributed by atoms with Crippen LogP contribution in [-0.4, -0.2) is 15.0 Å². The van der Waals surface area contributed by atoms with Gasteiger partial charge >= 0.3 is 181 Å². The maximum atomic E-state index is 2.30. The molecule has 4 rings (SSSR count). The third kappa shape index (κ3) is 5.26. The average molecular weight is 441 g/mol. The van der Waals surface area contributed by atoms with E-state index in [0.717, 1.165) is 12.8 Å². The zero-order valence-corrected chi connectivity index (χ0v) is 18.8. The van der Waals surface area contributed by atoms with Crippen LogP contribution in [0, 0.1) is 13.8 Å². The Kier molecular flexibility index (Phi) is 6.30. The van der Waals surface area contributed by atoms with E-state index >= 15 is 0 Å². The van der Waals surface area contributed by atoms with Crippen LogP contribution in [0.5, 0.6) is 0 Å². The Morgan fingerprint density at radius 3 is 1.24 bits per heavy atom. The minimum atomic E-state index is 0.350. The summed E-state index contributed by atoms with van der Waals surface area (Å²) in [6.45, 7) is 4.38. The SMILES string of the molecule is Cc1ccccc1Cc1ccc([Se]c2ccc(Cc3ccccc3C)cc2)cc1. The molecule has 0 atom stereocenters. The molecule has 0 aromatic heterocycles. The maximum absolute atomic E-state index is 2.30. The Bertz CT molecular complexity index is 987. The van der Waals surface area contributed by atoms with E-state index in [0.29, 0.717) is 15.0 Å². The van der Waals surface area contributed by atoms with Crippen LogP contribution in [0.4, 0.5) is 0 Å². The fourth-order valence-electron chi connectivity index (χ4n) is 3.54. The van der Waals surface area contributed by atoms with Gasteiger partial charge in [-0.1, -0.05) is 0 Å². The summed E-state index contributed by atoms with van der Waals surface area (Å²) in [6, 6.07) is 35.7. The molecule has 0 heterocycles. The molecule has 0 aliphatic carbocycles. The van der Waals surface area contributed by atoms with Crippen LogP contribution < -0.4 is 8.92 Å².